The van der Waals surface area contributed by atoms with Crippen LogP contribution in [-0.2, 0) is 20.7 Å². The van der Waals surface area contributed by atoms with Crippen molar-refractivity contribution >= 4 is 29.3 Å². The molecular weight excluding hydrogens is 560 g/mol. The summed E-state index contributed by atoms with van der Waals surface area (Å²) in [6.45, 7) is 7.96. The van der Waals surface area contributed by atoms with E-state index in [9.17, 15) is 14.4 Å². The molecule has 0 radical (unpaired) electrons. The number of carbonyl (C=O) groups excluding carboxylic acids is 3. The first-order chi connectivity index (χ1) is 21.1. The molecule has 1 aromatic carbocycles. The number of aryl methyl sites for hydroxylation is 1. The van der Waals surface area contributed by atoms with E-state index >= 15 is 0 Å². The van der Waals surface area contributed by atoms with Crippen LogP contribution in [0.1, 0.15) is 84.8 Å². The maximum absolute atomic E-state index is 14.2. The lowest BCUT2D eigenvalue weighted by Crippen LogP contribution is -2.57. The first-order valence-corrected chi connectivity index (χ1v) is 16.3. The van der Waals surface area contributed by atoms with Gasteiger partial charge in [-0.3, -0.25) is 4.79 Å². The summed E-state index contributed by atoms with van der Waals surface area (Å²) in [5.41, 5.74) is 1.19. The molecule has 1 aromatic heterocycles. The first-order valence-electron chi connectivity index (χ1n) is 16.3. The van der Waals surface area contributed by atoms with Gasteiger partial charge in [0.15, 0.2) is 0 Å². The minimum absolute atomic E-state index is 0.204. The number of rotatable bonds is 4. The summed E-state index contributed by atoms with van der Waals surface area (Å²) in [6, 6.07) is 4.07. The molecule has 3 heterocycles. The maximum Gasteiger partial charge on any atom is 0.408 e. The van der Waals surface area contributed by atoms with Gasteiger partial charge in [-0.25, -0.2) is 14.8 Å². The molecule has 1 unspecified atom stereocenters. The molecule has 2 aromatic rings. The van der Waals surface area contributed by atoms with E-state index in [1.807, 2.05) is 45.9 Å². The number of aldehydes is 1. The molecule has 238 valence electrons. The molecule has 1 saturated heterocycles. The summed E-state index contributed by atoms with van der Waals surface area (Å²) in [6.07, 6.45) is 8.20. The lowest BCUT2D eigenvalue weighted by atomic mass is 9.85. The molecule has 10 nitrogen and oxygen atoms in total. The van der Waals surface area contributed by atoms with Gasteiger partial charge >= 0.3 is 6.09 Å². The number of hydrogen-bond donors (Lipinski definition) is 1. The zero-order chi connectivity index (χ0) is 31.2. The predicted molar refractivity (Wildman–Crippen MR) is 164 cm³/mol. The van der Waals surface area contributed by atoms with E-state index in [0.717, 1.165) is 62.4 Å². The Hall–Kier alpha value is -3.43. The second-order valence-corrected chi connectivity index (χ2v) is 14.2. The average molecular weight is 607 g/mol. The number of fused-ring (bicyclic) bond motifs is 5. The minimum atomic E-state index is -0.871. The fourth-order valence-electron chi connectivity index (χ4n) is 7.47. The summed E-state index contributed by atoms with van der Waals surface area (Å²) in [5, 5.41) is 2.94. The van der Waals surface area contributed by atoms with Crippen molar-refractivity contribution in [2.24, 2.45) is 23.2 Å². The average Bonchev–Trinajstić information content (AvgIpc) is 3.91. The summed E-state index contributed by atoms with van der Waals surface area (Å²) in [5.74, 6) is 1.33. The van der Waals surface area contributed by atoms with Crippen molar-refractivity contribution < 1.29 is 28.6 Å². The van der Waals surface area contributed by atoms with Gasteiger partial charge in [-0.05, 0) is 68.4 Å². The number of amides is 2. The Morgan fingerprint density at radius 2 is 1.89 bits per heavy atom. The molecule has 2 bridgehead atoms. The highest BCUT2D eigenvalue weighted by Gasteiger charge is 2.65. The summed E-state index contributed by atoms with van der Waals surface area (Å²) in [7, 11) is 1.62. The molecule has 0 spiro atoms. The monoisotopic (exact) mass is 606 g/mol. The van der Waals surface area contributed by atoms with Crippen molar-refractivity contribution in [2.45, 2.75) is 109 Å². The number of alkyl carbamates (subject to hydrolysis) is 1. The number of benzene rings is 1. The molecule has 6 atom stereocenters. The minimum Gasteiger partial charge on any atom is -0.497 e. The zero-order valence-corrected chi connectivity index (χ0v) is 26.6. The van der Waals surface area contributed by atoms with Gasteiger partial charge < -0.3 is 29.2 Å². The molecule has 2 aliphatic carbocycles. The van der Waals surface area contributed by atoms with Crippen molar-refractivity contribution in [2.75, 3.05) is 13.7 Å². The van der Waals surface area contributed by atoms with Crippen LogP contribution in [0.4, 0.5) is 4.79 Å². The normalized spacial score (nSPS) is 31.5. The largest absolute Gasteiger partial charge is 0.497 e. The Balaban J connectivity index is 1.36. The van der Waals surface area contributed by atoms with E-state index < -0.39 is 35.3 Å². The molecule has 1 N–H and O–H groups in total. The van der Waals surface area contributed by atoms with Crippen LogP contribution in [0.25, 0.3) is 11.0 Å². The SMILES string of the molecule is CC[C@@H]1[C@@H]2CN(C(=O)[C@H](C(C)(C)C)NC(=O)OC3(C4CC4)C[C@H]3CCCCCc3nc4ccc(OC)cc4nc3O2)[C@@H]1C=O. The molecule has 2 aliphatic heterocycles. The van der Waals surface area contributed by atoms with Crippen molar-refractivity contribution in [1.82, 2.24) is 20.2 Å². The molecule has 3 fully saturated rings. The van der Waals surface area contributed by atoms with E-state index in [-0.39, 0.29) is 18.4 Å². The second-order valence-electron chi connectivity index (χ2n) is 14.2. The van der Waals surface area contributed by atoms with Crippen LogP contribution < -0.4 is 14.8 Å². The van der Waals surface area contributed by atoms with Crippen LogP contribution >= 0.6 is 0 Å². The smallest absolute Gasteiger partial charge is 0.408 e. The number of hydrogen-bond acceptors (Lipinski definition) is 8. The van der Waals surface area contributed by atoms with E-state index in [2.05, 4.69) is 5.32 Å². The highest BCUT2D eigenvalue weighted by Crippen LogP contribution is 2.62. The van der Waals surface area contributed by atoms with E-state index in [4.69, 9.17) is 24.2 Å². The molecule has 4 aliphatic rings. The Labute approximate surface area is 259 Å². The molecule has 2 saturated carbocycles. The Morgan fingerprint density at radius 1 is 1.09 bits per heavy atom. The molecule has 6 rings (SSSR count). The van der Waals surface area contributed by atoms with E-state index in [0.29, 0.717) is 41.8 Å². The van der Waals surface area contributed by atoms with Crippen LogP contribution in [0, 0.1) is 23.2 Å². The summed E-state index contributed by atoms with van der Waals surface area (Å²) < 4.78 is 18.2. The quantitative estimate of drug-likeness (QED) is 0.469. The van der Waals surface area contributed by atoms with Crippen molar-refractivity contribution in [1.29, 1.82) is 0 Å². The van der Waals surface area contributed by atoms with Crippen LogP contribution in [0.3, 0.4) is 0 Å². The van der Waals surface area contributed by atoms with Gasteiger partial charge in [0.05, 0.1) is 30.7 Å². The lowest BCUT2D eigenvalue weighted by Gasteiger charge is -2.35. The van der Waals surface area contributed by atoms with Gasteiger partial charge in [-0.15, -0.1) is 0 Å². The third-order valence-electron chi connectivity index (χ3n) is 10.2. The fraction of sp³-hybridized carbons (Fsp3) is 0.676. The lowest BCUT2D eigenvalue weighted by molar-refractivity contribution is -0.139. The summed E-state index contributed by atoms with van der Waals surface area (Å²) in [4.78, 5) is 51.6. The van der Waals surface area contributed by atoms with Crippen molar-refractivity contribution in [3.05, 3.63) is 23.9 Å². The molecule has 2 amide bonds. The third kappa shape index (κ3) is 5.84. The Bertz CT molecular complexity index is 1420. The standard InChI is InChI=1S/C34H46N4O6/c1-6-23-27(19-39)38-18-28(23)43-30-25(35-24-15-14-22(42-5)16-26(24)36-30)11-9-7-8-10-21-17-34(21,20-12-13-20)44-32(41)37-29(31(38)40)33(2,3)4/h14-16,19-21,23,27-29H,6-13,17-18H2,1-5H3,(H,37,41)/t21-,23+,27-,28+,29-,34?/m1/s1. The molecular formula is C34H46N4O6. The van der Waals surface area contributed by atoms with E-state index in [1.54, 1.807) is 12.0 Å². The van der Waals surface area contributed by atoms with Crippen LogP contribution in [0.2, 0.25) is 0 Å². The first kappa shape index (κ1) is 30.6. The van der Waals surface area contributed by atoms with Crippen molar-refractivity contribution in [3.63, 3.8) is 0 Å². The van der Waals surface area contributed by atoms with Gasteiger partial charge in [0.25, 0.3) is 0 Å². The highest BCUT2D eigenvalue weighted by atomic mass is 16.6. The number of nitrogens with zero attached hydrogens (tertiary/aromatic N) is 3. The van der Waals surface area contributed by atoms with Crippen molar-refractivity contribution in [3.8, 4) is 11.6 Å². The Kier molecular flexibility index (Phi) is 8.22. The number of methoxy groups -OCH3 is 1. The number of nitrogens with one attached hydrogen (secondary N) is 1. The third-order valence-corrected chi connectivity index (χ3v) is 10.2. The predicted octanol–water partition coefficient (Wildman–Crippen LogP) is 5.25. The van der Waals surface area contributed by atoms with Gasteiger partial charge in [-0.1, -0.05) is 40.5 Å². The summed E-state index contributed by atoms with van der Waals surface area (Å²) >= 11 is 0. The highest BCUT2D eigenvalue weighted by molar-refractivity contribution is 5.89. The zero-order valence-electron chi connectivity index (χ0n) is 26.6. The second kappa shape index (κ2) is 11.8. The van der Waals surface area contributed by atoms with Crippen LogP contribution in [0.5, 0.6) is 11.6 Å². The molecule has 10 heteroatoms. The fourth-order valence-corrected chi connectivity index (χ4v) is 7.47. The Morgan fingerprint density at radius 3 is 2.57 bits per heavy atom. The van der Waals surface area contributed by atoms with Gasteiger partial charge in [0.1, 0.15) is 35.5 Å². The van der Waals surface area contributed by atoms with Gasteiger partial charge in [-0.2, -0.15) is 0 Å². The van der Waals surface area contributed by atoms with Gasteiger partial charge in [0.2, 0.25) is 11.8 Å². The van der Waals surface area contributed by atoms with Gasteiger partial charge in [0, 0.05) is 17.9 Å². The number of ether oxygens (including phenoxy) is 3. The molecule has 44 heavy (non-hydrogen) atoms. The van der Waals surface area contributed by atoms with Crippen LogP contribution in [-0.4, -0.2) is 70.6 Å². The van der Waals surface area contributed by atoms with E-state index in [1.165, 1.54) is 0 Å². The topological polar surface area (TPSA) is 120 Å². The maximum atomic E-state index is 14.2. The van der Waals surface area contributed by atoms with Crippen LogP contribution in [0.15, 0.2) is 18.2 Å². The number of aromatic nitrogens is 2. The number of carbonyl (C=O) groups is 3.